The van der Waals surface area contributed by atoms with Crippen molar-refractivity contribution in [2.75, 3.05) is 36.9 Å². The molecule has 0 aliphatic carbocycles. The summed E-state index contributed by atoms with van der Waals surface area (Å²) in [6.45, 7) is 4.71. The fraction of sp³-hybridized carbons (Fsp3) is 0.615. The largest absolute Gasteiger partial charge is 0.388 e. The summed E-state index contributed by atoms with van der Waals surface area (Å²) in [6, 6.07) is 2.00. The third kappa shape index (κ3) is 3.58. The summed E-state index contributed by atoms with van der Waals surface area (Å²) in [6.07, 6.45) is 4.92. The van der Waals surface area contributed by atoms with E-state index in [1.807, 2.05) is 13.0 Å². The molecule has 5 nitrogen and oxygen atoms in total. The fourth-order valence-electron chi connectivity index (χ4n) is 2.03. The molecule has 0 amide bonds. The van der Waals surface area contributed by atoms with Crippen LogP contribution in [0.1, 0.15) is 19.8 Å². The zero-order valence-electron chi connectivity index (χ0n) is 10.8. The van der Waals surface area contributed by atoms with Crippen molar-refractivity contribution >= 4 is 11.4 Å². The molecule has 0 unspecified atom stereocenters. The molecule has 100 valence electrons. The summed E-state index contributed by atoms with van der Waals surface area (Å²) in [5.74, 6) is 0. The molecule has 0 spiro atoms. The minimum Gasteiger partial charge on any atom is -0.388 e. The molecule has 1 saturated heterocycles. The lowest BCUT2D eigenvalue weighted by Crippen LogP contribution is -2.42. The number of anilines is 2. The van der Waals surface area contributed by atoms with Crippen LogP contribution in [0.5, 0.6) is 0 Å². The second kappa shape index (κ2) is 6.02. The van der Waals surface area contributed by atoms with Crippen LogP contribution in [0.2, 0.25) is 0 Å². The minimum atomic E-state index is -0.660. The zero-order valence-corrected chi connectivity index (χ0v) is 10.8. The van der Waals surface area contributed by atoms with E-state index in [-0.39, 0.29) is 0 Å². The average Bonchev–Trinajstić information content (AvgIpc) is 2.38. The number of hydrogen-bond donors (Lipinski definition) is 3. The highest BCUT2D eigenvalue weighted by molar-refractivity contribution is 5.54. The molecule has 2 heterocycles. The topological polar surface area (TPSA) is 66.4 Å². The van der Waals surface area contributed by atoms with Crippen molar-refractivity contribution in [3.05, 3.63) is 18.5 Å². The number of ether oxygens (including phenoxy) is 1. The van der Waals surface area contributed by atoms with E-state index in [0.29, 0.717) is 32.6 Å². The second-order valence-corrected chi connectivity index (χ2v) is 4.68. The van der Waals surface area contributed by atoms with Gasteiger partial charge in [-0.2, -0.15) is 0 Å². The molecule has 0 bridgehead atoms. The highest BCUT2D eigenvalue weighted by atomic mass is 16.5. The molecule has 18 heavy (non-hydrogen) atoms. The minimum absolute atomic E-state index is 0.535. The lowest BCUT2D eigenvalue weighted by atomic mass is 9.94. The van der Waals surface area contributed by atoms with Gasteiger partial charge in [0.15, 0.2) is 0 Å². The van der Waals surface area contributed by atoms with E-state index < -0.39 is 5.60 Å². The monoisotopic (exact) mass is 251 g/mol. The number of aromatic nitrogens is 1. The third-order valence-corrected chi connectivity index (χ3v) is 3.16. The van der Waals surface area contributed by atoms with Crippen LogP contribution in [0.15, 0.2) is 18.5 Å². The number of nitrogens with one attached hydrogen (secondary N) is 2. The maximum absolute atomic E-state index is 10.3. The first-order valence-corrected chi connectivity index (χ1v) is 6.45. The number of pyridine rings is 1. The van der Waals surface area contributed by atoms with E-state index in [4.69, 9.17) is 4.74 Å². The standard InChI is InChI=1S/C13H21N3O2/c1-2-15-11-7-12(9-14-8-11)16-10-13(17)3-5-18-6-4-13/h7-9,15-17H,2-6,10H2,1H3. The summed E-state index contributed by atoms with van der Waals surface area (Å²) in [5, 5.41) is 16.8. The molecule has 1 aromatic rings. The first-order valence-electron chi connectivity index (χ1n) is 6.45. The molecule has 3 N–H and O–H groups in total. The molecular weight excluding hydrogens is 230 g/mol. The molecule has 2 rings (SSSR count). The molecule has 0 aromatic carbocycles. The van der Waals surface area contributed by atoms with Crippen LogP contribution in [0.4, 0.5) is 11.4 Å². The van der Waals surface area contributed by atoms with Crippen LogP contribution in [0, 0.1) is 0 Å². The molecule has 1 aliphatic heterocycles. The van der Waals surface area contributed by atoms with Gasteiger partial charge in [0.05, 0.1) is 29.4 Å². The number of rotatable bonds is 5. The third-order valence-electron chi connectivity index (χ3n) is 3.16. The Bertz CT molecular complexity index is 378. The predicted molar refractivity (Wildman–Crippen MR) is 71.9 cm³/mol. The Morgan fingerprint density at radius 2 is 1.94 bits per heavy atom. The van der Waals surface area contributed by atoms with Gasteiger partial charge in [-0.3, -0.25) is 4.98 Å². The van der Waals surface area contributed by atoms with Crippen molar-refractivity contribution in [3.8, 4) is 0 Å². The number of aliphatic hydroxyl groups is 1. The van der Waals surface area contributed by atoms with Gasteiger partial charge in [0, 0.05) is 39.1 Å². The fourth-order valence-corrected chi connectivity index (χ4v) is 2.03. The predicted octanol–water partition coefficient (Wildman–Crippen LogP) is 1.47. The molecular formula is C13H21N3O2. The van der Waals surface area contributed by atoms with E-state index in [0.717, 1.165) is 17.9 Å². The van der Waals surface area contributed by atoms with Crippen molar-refractivity contribution in [1.82, 2.24) is 4.98 Å². The Balaban J connectivity index is 1.90. The summed E-state index contributed by atoms with van der Waals surface area (Å²) in [4.78, 5) is 4.16. The van der Waals surface area contributed by atoms with Gasteiger partial charge in [-0.25, -0.2) is 0 Å². The van der Waals surface area contributed by atoms with Gasteiger partial charge in [-0.15, -0.1) is 0 Å². The SMILES string of the molecule is CCNc1cncc(NCC2(O)CCOCC2)c1. The van der Waals surface area contributed by atoms with Crippen LogP contribution >= 0.6 is 0 Å². The van der Waals surface area contributed by atoms with E-state index in [1.54, 1.807) is 12.4 Å². The van der Waals surface area contributed by atoms with Gasteiger partial charge in [-0.1, -0.05) is 0 Å². The van der Waals surface area contributed by atoms with Crippen LogP contribution in [0.25, 0.3) is 0 Å². The highest BCUT2D eigenvalue weighted by Crippen LogP contribution is 2.21. The summed E-state index contributed by atoms with van der Waals surface area (Å²) >= 11 is 0. The van der Waals surface area contributed by atoms with Gasteiger partial charge >= 0.3 is 0 Å². The maximum Gasteiger partial charge on any atom is 0.0863 e. The summed E-state index contributed by atoms with van der Waals surface area (Å²) in [7, 11) is 0. The molecule has 1 aromatic heterocycles. The van der Waals surface area contributed by atoms with Crippen molar-refractivity contribution in [3.63, 3.8) is 0 Å². The Labute approximate surface area is 108 Å². The Morgan fingerprint density at radius 3 is 2.61 bits per heavy atom. The van der Waals surface area contributed by atoms with E-state index in [2.05, 4.69) is 15.6 Å². The van der Waals surface area contributed by atoms with Gasteiger partial charge in [0.1, 0.15) is 0 Å². The van der Waals surface area contributed by atoms with Crippen LogP contribution in [-0.2, 0) is 4.74 Å². The van der Waals surface area contributed by atoms with Gasteiger partial charge < -0.3 is 20.5 Å². The van der Waals surface area contributed by atoms with Crippen LogP contribution in [0.3, 0.4) is 0 Å². The Hall–Kier alpha value is -1.33. The normalized spacial score (nSPS) is 18.3. The quantitative estimate of drug-likeness (QED) is 0.739. The van der Waals surface area contributed by atoms with E-state index in [1.165, 1.54) is 0 Å². The van der Waals surface area contributed by atoms with Crippen molar-refractivity contribution in [2.45, 2.75) is 25.4 Å². The number of hydrogen-bond acceptors (Lipinski definition) is 5. The molecule has 0 radical (unpaired) electrons. The number of nitrogens with zero attached hydrogens (tertiary/aromatic N) is 1. The molecule has 5 heteroatoms. The molecule has 1 aliphatic rings. The second-order valence-electron chi connectivity index (χ2n) is 4.68. The van der Waals surface area contributed by atoms with Crippen LogP contribution in [-0.4, -0.2) is 42.0 Å². The van der Waals surface area contributed by atoms with Gasteiger partial charge in [0.2, 0.25) is 0 Å². The van der Waals surface area contributed by atoms with E-state index >= 15 is 0 Å². The molecule has 0 saturated carbocycles. The van der Waals surface area contributed by atoms with Crippen molar-refractivity contribution < 1.29 is 9.84 Å². The van der Waals surface area contributed by atoms with Gasteiger partial charge in [0.25, 0.3) is 0 Å². The summed E-state index contributed by atoms with van der Waals surface area (Å²) < 4.78 is 5.26. The zero-order chi connectivity index (χ0) is 12.8. The first kappa shape index (κ1) is 13.1. The lowest BCUT2D eigenvalue weighted by molar-refractivity contribution is -0.0543. The first-order chi connectivity index (χ1) is 8.72. The Kier molecular flexibility index (Phi) is 4.38. The van der Waals surface area contributed by atoms with Crippen molar-refractivity contribution in [2.24, 2.45) is 0 Å². The van der Waals surface area contributed by atoms with Crippen LogP contribution < -0.4 is 10.6 Å². The summed E-state index contributed by atoms with van der Waals surface area (Å²) in [5.41, 5.74) is 1.25. The van der Waals surface area contributed by atoms with E-state index in [9.17, 15) is 5.11 Å². The Morgan fingerprint density at radius 1 is 1.28 bits per heavy atom. The molecule has 1 fully saturated rings. The van der Waals surface area contributed by atoms with Gasteiger partial charge in [-0.05, 0) is 13.0 Å². The average molecular weight is 251 g/mol. The maximum atomic E-state index is 10.3. The molecule has 0 atom stereocenters. The highest BCUT2D eigenvalue weighted by Gasteiger charge is 2.29. The lowest BCUT2D eigenvalue weighted by Gasteiger charge is -2.32. The smallest absolute Gasteiger partial charge is 0.0863 e. The van der Waals surface area contributed by atoms with Crippen molar-refractivity contribution in [1.29, 1.82) is 0 Å².